The highest BCUT2D eigenvalue weighted by atomic mass is 35.5. The van der Waals surface area contributed by atoms with E-state index in [1.165, 1.54) is 18.2 Å². The van der Waals surface area contributed by atoms with E-state index in [2.05, 4.69) is 5.32 Å². The van der Waals surface area contributed by atoms with Crippen molar-refractivity contribution in [3.63, 3.8) is 0 Å². The van der Waals surface area contributed by atoms with Crippen LogP contribution in [0.5, 0.6) is 0 Å². The fourth-order valence-electron chi connectivity index (χ4n) is 2.55. The van der Waals surface area contributed by atoms with Crippen molar-refractivity contribution in [2.24, 2.45) is 0 Å². The van der Waals surface area contributed by atoms with Gasteiger partial charge in [0.1, 0.15) is 11.6 Å². The molecule has 0 bridgehead atoms. The Hall–Kier alpha value is -1.61. The molecule has 1 unspecified atom stereocenters. The highest BCUT2D eigenvalue weighted by Crippen LogP contribution is 2.35. The standard InChI is InChI=1S/C15H12ClF2N/c16-12-6-4-9(8-14(12)18)19-15-7-5-10-11(15)2-1-3-13(10)17/h1-4,6,8,15,19H,5,7H2. The van der Waals surface area contributed by atoms with E-state index in [1.54, 1.807) is 12.1 Å². The minimum Gasteiger partial charge on any atom is -0.378 e. The molecule has 2 aromatic rings. The van der Waals surface area contributed by atoms with Gasteiger partial charge in [0.2, 0.25) is 0 Å². The predicted octanol–water partition coefficient (Wildman–Crippen LogP) is 4.72. The van der Waals surface area contributed by atoms with Gasteiger partial charge in [0.15, 0.2) is 0 Å². The maximum atomic E-state index is 13.6. The Balaban J connectivity index is 1.86. The van der Waals surface area contributed by atoms with Gasteiger partial charge in [-0.1, -0.05) is 23.7 Å². The second-order valence-electron chi connectivity index (χ2n) is 4.67. The number of halogens is 3. The van der Waals surface area contributed by atoms with Gasteiger partial charge in [-0.3, -0.25) is 0 Å². The molecule has 98 valence electrons. The van der Waals surface area contributed by atoms with Crippen molar-refractivity contribution >= 4 is 17.3 Å². The Kier molecular flexibility index (Phi) is 3.15. The van der Waals surface area contributed by atoms with Gasteiger partial charge in [0, 0.05) is 5.69 Å². The summed E-state index contributed by atoms with van der Waals surface area (Å²) in [6, 6.07) is 9.71. The van der Waals surface area contributed by atoms with Crippen molar-refractivity contribution in [3.05, 3.63) is 64.2 Å². The molecule has 0 amide bonds. The molecule has 0 saturated heterocycles. The lowest BCUT2D eigenvalue weighted by Crippen LogP contribution is -2.07. The fraction of sp³-hybridized carbons (Fsp3) is 0.200. The molecule has 4 heteroatoms. The van der Waals surface area contributed by atoms with Crippen LogP contribution in [0.15, 0.2) is 36.4 Å². The summed E-state index contributed by atoms with van der Waals surface area (Å²) in [5.74, 6) is -0.617. The summed E-state index contributed by atoms with van der Waals surface area (Å²) < 4.78 is 27.0. The highest BCUT2D eigenvalue weighted by molar-refractivity contribution is 6.30. The molecule has 1 nitrogen and oxygen atoms in total. The molecule has 0 heterocycles. The van der Waals surface area contributed by atoms with Crippen molar-refractivity contribution in [2.45, 2.75) is 18.9 Å². The summed E-state index contributed by atoms with van der Waals surface area (Å²) in [5.41, 5.74) is 2.37. The fourth-order valence-corrected chi connectivity index (χ4v) is 2.66. The molecular formula is C15H12ClF2N. The molecule has 1 atom stereocenters. The summed E-state index contributed by atoms with van der Waals surface area (Å²) in [4.78, 5) is 0. The summed E-state index contributed by atoms with van der Waals surface area (Å²) in [6.07, 6.45) is 1.51. The Morgan fingerprint density at radius 1 is 1.11 bits per heavy atom. The first-order valence-corrected chi connectivity index (χ1v) is 6.52. The molecule has 1 aliphatic rings. The zero-order valence-corrected chi connectivity index (χ0v) is 10.8. The predicted molar refractivity (Wildman–Crippen MR) is 72.5 cm³/mol. The van der Waals surface area contributed by atoms with Gasteiger partial charge in [0.05, 0.1) is 11.1 Å². The van der Waals surface area contributed by atoms with Gasteiger partial charge < -0.3 is 5.32 Å². The molecule has 0 fully saturated rings. The van der Waals surface area contributed by atoms with Crippen LogP contribution in [-0.2, 0) is 6.42 Å². The van der Waals surface area contributed by atoms with Gasteiger partial charge in [-0.25, -0.2) is 8.78 Å². The number of rotatable bonds is 2. The summed E-state index contributed by atoms with van der Waals surface area (Å²) >= 11 is 5.65. The van der Waals surface area contributed by atoms with Crippen LogP contribution >= 0.6 is 11.6 Å². The topological polar surface area (TPSA) is 12.0 Å². The second-order valence-corrected chi connectivity index (χ2v) is 5.08. The van der Waals surface area contributed by atoms with E-state index in [-0.39, 0.29) is 16.9 Å². The van der Waals surface area contributed by atoms with Crippen LogP contribution < -0.4 is 5.32 Å². The monoisotopic (exact) mass is 279 g/mol. The van der Waals surface area contributed by atoms with E-state index in [4.69, 9.17) is 11.6 Å². The molecule has 0 aromatic heterocycles. The van der Waals surface area contributed by atoms with Crippen LogP contribution in [-0.4, -0.2) is 0 Å². The highest BCUT2D eigenvalue weighted by Gasteiger charge is 2.24. The third-order valence-electron chi connectivity index (χ3n) is 3.47. The van der Waals surface area contributed by atoms with E-state index in [0.29, 0.717) is 12.1 Å². The number of anilines is 1. The average molecular weight is 280 g/mol. The summed E-state index contributed by atoms with van der Waals surface area (Å²) in [7, 11) is 0. The van der Waals surface area contributed by atoms with E-state index in [1.807, 2.05) is 6.07 Å². The molecule has 3 rings (SSSR count). The SMILES string of the molecule is Fc1cc(NC2CCc3c(F)cccc32)ccc1Cl. The van der Waals surface area contributed by atoms with Gasteiger partial charge in [-0.05, 0) is 48.2 Å². The zero-order valence-electron chi connectivity index (χ0n) is 10.1. The maximum Gasteiger partial charge on any atom is 0.143 e. The van der Waals surface area contributed by atoms with Crippen LogP contribution in [0.4, 0.5) is 14.5 Å². The number of hydrogen-bond acceptors (Lipinski definition) is 1. The van der Waals surface area contributed by atoms with Crippen molar-refractivity contribution in [1.29, 1.82) is 0 Å². The van der Waals surface area contributed by atoms with Crippen molar-refractivity contribution < 1.29 is 8.78 Å². The van der Waals surface area contributed by atoms with E-state index in [9.17, 15) is 8.78 Å². The van der Waals surface area contributed by atoms with Crippen molar-refractivity contribution in [1.82, 2.24) is 0 Å². The Bertz CT molecular complexity index is 628. The second kappa shape index (κ2) is 4.82. The number of benzene rings is 2. The van der Waals surface area contributed by atoms with Crippen LogP contribution in [0, 0.1) is 11.6 Å². The zero-order chi connectivity index (χ0) is 13.4. The Morgan fingerprint density at radius 2 is 1.95 bits per heavy atom. The molecule has 1 N–H and O–H groups in total. The number of hydrogen-bond donors (Lipinski definition) is 1. The minimum atomic E-state index is -0.455. The van der Waals surface area contributed by atoms with Gasteiger partial charge in [0.25, 0.3) is 0 Å². The molecule has 0 saturated carbocycles. The first-order chi connectivity index (χ1) is 9.15. The van der Waals surface area contributed by atoms with Crippen molar-refractivity contribution in [3.8, 4) is 0 Å². The minimum absolute atomic E-state index is 0.0197. The third kappa shape index (κ3) is 2.30. The van der Waals surface area contributed by atoms with Crippen molar-refractivity contribution in [2.75, 3.05) is 5.32 Å². The van der Waals surface area contributed by atoms with E-state index >= 15 is 0 Å². The Morgan fingerprint density at radius 3 is 2.74 bits per heavy atom. The summed E-state index contributed by atoms with van der Waals surface area (Å²) in [5, 5.41) is 3.33. The third-order valence-corrected chi connectivity index (χ3v) is 3.78. The molecule has 0 spiro atoms. The normalized spacial score (nSPS) is 17.3. The molecular weight excluding hydrogens is 268 g/mol. The lowest BCUT2D eigenvalue weighted by atomic mass is 10.1. The first-order valence-electron chi connectivity index (χ1n) is 6.14. The molecule has 1 aliphatic carbocycles. The van der Waals surface area contributed by atoms with Gasteiger partial charge in [-0.2, -0.15) is 0 Å². The van der Waals surface area contributed by atoms with Gasteiger partial charge in [-0.15, -0.1) is 0 Å². The van der Waals surface area contributed by atoms with Crippen LogP contribution in [0.1, 0.15) is 23.6 Å². The molecule has 0 radical (unpaired) electrons. The molecule has 0 aliphatic heterocycles. The molecule has 2 aromatic carbocycles. The lowest BCUT2D eigenvalue weighted by molar-refractivity contribution is 0.612. The van der Waals surface area contributed by atoms with E-state index in [0.717, 1.165) is 17.5 Å². The smallest absolute Gasteiger partial charge is 0.143 e. The largest absolute Gasteiger partial charge is 0.378 e. The lowest BCUT2D eigenvalue weighted by Gasteiger charge is -2.15. The maximum absolute atomic E-state index is 13.6. The number of fused-ring (bicyclic) bond motifs is 1. The number of nitrogens with one attached hydrogen (secondary N) is 1. The average Bonchev–Trinajstić information content (AvgIpc) is 2.79. The van der Waals surface area contributed by atoms with Crippen LogP contribution in [0.3, 0.4) is 0 Å². The Labute approximate surface area is 115 Å². The molecule has 19 heavy (non-hydrogen) atoms. The van der Waals surface area contributed by atoms with Crippen LogP contribution in [0.2, 0.25) is 5.02 Å². The van der Waals surface area contributed by atoms with Crippen LogP contribution in [0.25, 0.3) is 0 Å². The van der Waals surface area contributed by atoms with Gasteiger partial charge >= 0.3 is 0 Å². The first kappa shape index (κ1) is 12.4. The summed E-state index contributed by atoms with van der Waals surface area (Å²) in [6.45, 7) is 0. The van der Waals surface area contributed by atoms with E-state index < -0.39 is 5.82 Å². The quantitative estimate of drug-likeness (QED) is 0.839.